The molecule has 0 fully saturated rings. The van der Waals surface area contributed by atoms with Crippen LogP contribution in [0.3, 0.4) is 0 Å². The van der Waals surface area contributed by atoms with Crippen molar-refractivity contribution in [2.24, 2.45) is 5.73 Å². The molecule has 0 bridgehead atoms. The molecule has 3 nitrogen and oxygen atoms in total. The van der Waals surface area contributed by atoms with E-state index in [1.54, 1.807) is 6.07 Å². The second-order valence-electron chi connectivity index (χ2n) is 5.35. The number of hydrogen-bond donors (Lipinski definition) is 2. The first-order valence-electron chi connectivity index (χ1n) is 5.75. The molecule has 0 amide bonds. The third kappa shape index (κ3) is 2.18. The first-order valence-corrected chi connectivity index (χ1v) is 6.12. The van der Waals surface area contributed by atoms with Gasteiger partial charge in [-0.15, -0.1) is 0 Å². The maximum Gasteiger partial charge on any atom is 0.123 e. The van der Waals surface area contributed by atoms with Crippen LogP contribution in [-0.2, 0) is 5.41 Å². The van der Waals surface area contributed by atoms with Crippen molar-refractivity contribution in [2.45, 2.75) is 26.2 Å². The van der Waals surface area contributed by atoms with Crippen molar-refractivity contribution in [1.82, 2.24) is 4.98 Å². The van der Waals surface area contributed by atoms with Gasteiger partial charge in [-0.1, -0.05) is 44.5 Å². The zero-order chi connectivity index (χ0) is 13.5. The predicted molar refractivity (Wildman–Crippen MR) is 76.5 cm³/mol. The minimum Gasteiger partial charge on any atom is -0.384 e. The summed E-state index contributed by atoms with van der Waals surface area (Å²) in [4.78, 5) is 4.60. The van der Waals surface area contributed by atoms with Gasteiger partial charge in [0.1, 0.15) is 5.84 Å². The molecule has 0 aliphatic carbocycles. The molecule has 2 rings (SSSR count). The minimum atomic E-state index is -0.114. The van der Waals surface area contributed by atoms with Crippen molar-refractivity contribution in [3.63, 3.8) is 0 Å². The van der Waals surface area contributed by atoms with Crippen LogP contribution in [-0.4, -0.2) is 10.8 Å². The number of hydrogen-bond acceptors (Lipinski definition) is 2. The molecule has 0 saturated heterocycles. The summed E-state index contributed by atoms with van der Waals surface area (Å²) >= 11 is 6.18. The van der Waals surface area contributed by atoms with Gasteiger partial charge in [0.05, 0.1) is 10.5 Å². The van der Waals surface area contributed by atoms with Crippen LogP contribution in [0.4, 0.5) is 0 Å². The highest BCUT2D eigenvalue weighted by Crippen LogP contribution is 2.29. The fourth-order valence-corrected chi connectivity index (χ4v) is 2.04. The van der Waals surface area contributed by atoms with Gasteiger partial charge in [0.15, 0.2) is 0 Å². The number of nitrogen functional groups attached to an aromatic ring is 1. The molecule has 3 N–H and O–H groups in total. The van der Waals surface area contributed by atoms with Crippen molar-refractivity contribution >= 4 is 28.3 Å². The van der Waals surface area contributed by atoms with E-state index in [9.17, 15) is 0 Å². The van der Waals surface area contributed by atoms with Gasteiger partial charge in [-0.25, -0.2) is 0 Å². The van der Waals surface area contributed by atoms with E-state index in [1.807, 2.05) is 18.2 Å². The number of amidine groups is 1. The van der Waals surface area contributed by atoms with E-state index in [-0.39, 0.29) is 11.3 Å². The number of benzene rings is 1. The summed E-state index contributed by atoms with van der Waals surface area (Å²) in [6.45, 7) is 6.21. The molecular weight excluding hydrogens is 246 g/mol. The van der Waals surface area contributed by atoms with Crippen LogP contribution in [0.25, 0.3) is 10.9 Å². The van der Waals surface area contributed by atoms with Gasteiger partial charge in [0.2, 0.25) is 0 Å². The van der Waals surface area contributed by atoms with Crippen LogP contribution in [0.1, 0.15) is 32.0 Å². The molecule has 0 atom stereocenters. The molecule has 18 heavy (non-hydrogen) atoms. The Labute approximate surface area is 111 Å². The van der Waals surface area contributed by atoms with Gasteiger partial charge >= 0.3 is 0 Å². The summed E-state index contributed by atoms with van der Waals surface area (Å²) in [5.74, 6) is 0.0372. The highest BCUT2D eigenvalue weighted by molar-refractivity contribution is 6.35. The van der Waals surface area contributed by atoms with E-state index >= 15 is 0 Å². The maximum absolute atomic E-state index is 7.70. The third-order valence-electron chi connectivity index (χ3n) is 2.85. The standard InChI is InChI=1S/C14H16ClN3/c1-14(2,3)11-7-9(13(16)17)8-5-4-6-10(15)12(8)18-11/h4-7H,1-3H3,(H3,16,17). The second-order valence-corrected chi connectivity index (χ2v) is 5.76. The predicted octanol–water partition coefficient (Wildman–Crippen LogP) is 3.47. The largest absolute Gasteiger partial charge is 0.384 e. The summed E-state index contributed by atoms with van der Waals surface area (Å²) in [6, 6.07) is 7.40. The first kappa shape index (κ1) is 12.8. The number of pyridine rings is 1. The Bertz CT molecular complexity index is 627. The lowest BCUT2D eigenvalue weighted by molar-refractivity contribution is 0.571. The van der Waals surface area contributed by atoms with E-state index in [2.05, 4.69) is 25.8 Å². The Hall–Kier alpha value is -1.61. The van der Waals surface area contributed by atoms with Crippen LogP contribution in [0.15, 0.2) is 24.3 Å². The lowest BCUT2D eigenvalue weighted by Gasteiger charge is -2.20. The second kappa shape index (κ2) is 4.25. The summed E-state index contributed by atoms with van der Waals surface area (Å²) in [5.41, 5.74) is 7.82. The Balaban J connectivity index is 2.88. The molecule has 0 radical (unpaired) electrons. The Morgan fingerprint density at radius 3 is 2.56 bits per heavy atom. The molecule has 4 heteroatoms. The van der Waals surface area contributed by atoms with Crippen LogP contribution in [0, 0.1) is 5.41 Å². The third-order valence-corrected chi connectivity index (χ3v) is 3.15. The summed E-state index contributed by atoms with van der Waals surface area (Å²) in [6.07, 6.45) is 0. The van der Waals surface area contributed by atoms with Crippen molar-refractivity contribution in [1.29, 1.82) is 5.41 Å². The van der Waals surface area contributed by atoms with E-state index in [0.717, 1.165) is 11.1 Å². The molecule has 2 aromatic rings. The molecule has 1 heterocycles. The molecule has 1 aromatic heterocycles. The topological polar surface area (TPSA) is 62.8 Å². The number of fused-ring (bicyclic) bond motifs is 1. The van der Waals surface area contributed by atoms with Gasteiger partial charge in [-0.2, -0.15) is 0 Å². The number of nitrogens with one attached hydrogen (secondary N) is 1. The van der Waals surface area contributed by atoms with E-state index in [1.165, 1.54) is 0 Å². The molecule has 1 aromatic carbocycles. The Morgan fingerprint density at radius 1 is 1.33 bits per heavy atom. The molecular formula is C14H16ClN3. The number of nitrogens with two attached hydrogens (primary N) is 1. The van der Waals surface area contributed by atoms with Gasteiger partial charge in [-0.3, -0.25) is 10.4 Å². The highest BCUT2D eigenvalue weighted by atomic mass is 35.5. The molecule has 0 saturated carbocycles. The summed E-state index contributed by atoms with van der Waals surface area (Å²) in [5, 5.41) is 9.10. The van der Waals surface area contributed by atoms with Gasteiger partial charge < -0.3 is 5.73 Å². The zero-order valence-corrected chi connectivity index (χ0v) is 11.5. The number of para-hydroxylation sites is 1. The van der Waals surface area contributed by atoms with Crippen molar-refractivity contribution in [3.05, 3.63) is 40.5 Å². The van der Waals surface area contributed by atoms with Gasteiger partial charge in [0, 0.05) is 22.1 Å². The molecule has 0 aliphatic rings. The average Bonchev–Trinajstić information content (AvgIpc) is 2.27. The monoisotopic (exact) mass is 261 g/mol. The lowest BCUT2D eigenvalue weighted by atomic mass is 9.89. The lowest BCUT2D eigenvalue weighted by Crippen LogP contribution is -2.18. The summed E-state index contributed by atoms with van der Waals surface area (Å²) in [7, 11) is 0. The SMILES string of the molecule is CC(C)(C)c1cc(C(=N)N)c2cccc(Cl)c2n1. The summed E-state index contributed by atoms with van der Waals surface area (Å²) < 4.78 is 0. The molecule has 0 aliphatic heterocycles. The van der Waals surface area contributed by atoms with Crippen LogP contribution < -0.4 is 5.73 Å². The van der Waals surface area contributed by atoms with Crippen molar-refractivity contribution < 1.29 is 0 Å². The number of aromatic nitrogens is 1. The Kier molecular flexibility index (Phi) is 3.03. The smallest absolute Gasteiger partial charge is 0.123 e. The average molecular weight is 262 g/mol. The van der Waals surface area contributed by atoms with E-state index in [4.69, 9.17) is 22.7 Å². The normalized spacial score (nSPS) is 11.8. The highest BCUT2D eigenvalue weighted by Gasteiger charge is 2.19. The molecule has 0 unspecified atom stereocenters. The van der Waals surface area contributed by atoms with Crippen molar-refractivity contribution in [2.75, 3.05) is 0 Å². The first-order chi connectivity index (χ1) is 8.30. The maximum atomic E-state index is 7.70. The number of nitrogens with zero attached hydrogens (tertiary/aromatic N) is 1. The molecule has 0 spiro atoms. The van der Waals surface area contributed by atoms with E-state index in [0.29, 0.717) is 16.1 Å². The fourth-order valence-electron chi connectivity index (χ4n) is 1.82. The van der Waals surface area contributed by atoms with E-state index < -0.39 is 0 Å². The minimum absolute atomic E-state index is 0.0372. The number of halogens is 1. The van der Waals surface area contributed by atoms with Crippen LogP contribution >= 0.6 is 11.6 Å². The fraction of sp³-hybridized carbons (Fsp3) is 0.286. The quantitative estimate of drug-likeness (QED) is 0.610. The van der Waals surface area contributed by atoms with Gasteiger partial charge in [-0.05, 0) is 12.1 Å². The number of rotatable bonds is 1. The zero-order valence-electron chi connectivity index (χ0n) is 10.7. The van der Waals surface area contributed by atoms with Gasteiger partial charge in [0.25, 0.3) is 0 Å². The Morgan fingerprint density at radius 2 is 2.00 bits per heavy atom. The van der Waals surface area contributed by atoms with Crippen molar-refractivity contribution in [3.8, 4) is 0 Å². The van der Waals surface area contributed by atoms with Crippen LogP contribution in [0.5, 0.6) is 0 Å². The molecule has 94 valence electrons. The van der Waals surface area contributed by atoms with Crippen LogP contribution in [0.2, 0.25) is 5.02 Å².